The van der Waals surface area contributed by atoms with Crippen LogP contribution in [0.1, 0.15) is 10.4 Å². The van der Waals surface area contributed by atoms with Crippen molar-refractivity contribution < 1.29 is 9.21 Å². The fourth-order valence-corrected chi connectivity index (χ4v) is 0.885. The molecule has 3 heteroatoms. The Morgan fingerprint density at radius 2 is 2.50 bits per heavy atom. The van der Waals surface area contributed by atoms with Gasteiger partial charge in [-0.15, -0.1) is 0 Å². The quantitative estimate of drug-likeness (QED) is 0.457. The van der Waals surface area contributed by atoms with E-state index in [1.165, 1.54) is 18.6 Å². The number of halogens is 1. The molecule has 1 aromatic heterocycles. The van der Waals surface area contributed by atoms with Gasteiger partial charge in [0.1, 0.15) is 6.26 Å². The van der Waals surface area contributed by atoms with Crippen LogP contribution in [0.4, 0.5) is 0 Å². The molecule has 1 rings (SSSR count). The van der Waals surface area contributed by atoms with Crippen molar-refractivity contribution in [3.63, 3.8) is 0 Å². The second kappa shape index (κ2) is 3.55. The van der Waals surface area contributed by atoms with E-state index in [2.05, 4.69) is 0 Å². The summed E-state index contributed by atoms with van der Waals surface area (Å²) in [6, 6.07) is 1.64. The molecular formula is C7H5IO2. The summed E-state index contributed by atoms with van der Waals surface area (Å²) in [6.45, 7) is 0. The van der Waals surface area contributed by atoms with Gasteiger partial charge in [0.15, 0.2) is 5.78 Å². The minimum atomic E-state index is -0.0249. The summed E-state index contributed by atoms with van der Waals surface area (Å²) in [5.74, 6) is -0.0249. The minimum Gasteiger partial charge on any atom is -0.472 e. The van der Waals surface area contributed by atoms with Crippen molar-refractivity contribution in [3.8, 4) is 0 Å². The zero-order chi connectivity index (χ0) is 7.40. The van der Waals surface area contributed by atoms with E-state index in [1.807, 2.05) is 22.6 Å². The Morgan fingerprint density at radius 3 is 3.00 bits per heavy atom. The monoisotopic (exact) mass is 248 g/mol. The Kier molecular flexibility index (Phi) is 2.68. The molecule has 52 valence electrons. The summed E-state index contributed by atoms with van der Waals surface area (Å²) in [5.41, 5.74) is 0.591. The third-order valence-electron chi connectivity index (χ3n) is 1.02. The van der Waals surface area contributed by atoms with E-state index in [0.29, 0.717) is 5.56 Å². The van der Waals surface area contributed by atoms with E-state index in [-0.39, 0.29) is 5.78 Å². The molecule has 1 heterocycles. The zero-order valence-corrected chi connectivity index (χ0v) is 7.24. The van der Waals surface area contributed by atoms with Gasteiger partial charge in [-0.1, -0.05) is 22.6 Å². The van der Waals surface area contributed by atoms with E-state index in [1.54, 1.807) is 10.1 Å². The maximum Gasteiger partial charge on any atom is 0.189 e. The Morgan fingerprint density at radius 1 is 1.70 bits per heavy atom. The molecular weight excluding hydrogens is 243 g/mol. The number of rotatable bonds is 2. The lowest BCUT2D eigenvalue weighted by Crippen LogP contribution is -1.88. The number of hydrogen-bond acceptors (Lipinski definition) is 2. The molecule has 0 atom stereocenters. The van der Waals surface area contributed by atoms with Crippen LogP contribution >= 0.6 is 22.6 Å². The number of furan rings is 1. The summed E-state index contributed by atoms with van der Waals surface area (Å²) in [5, 5.41) is 0. The van der Waals surface area contributed by atoms with Crippen LogP contribution in [0, 0.1) is 0 Å². The maximum atomic E-state index is 11.0. The van der Waals surface area contributed by atoms with Crippen LogP contribution in [0.3, 0.4) is 0 Å². The van der Waals surface area contributed by atoms with Gasteiger partial charge in [-0.25, -0.2) is 0 Å². The van der Waals surface area contributed by atoms with Crippen molar-refractivity contribution in [2.24, 2.45) is 0 Å². The van der Waals surface area contributed by atoms with E-state index in [9.17, 15) is 4.79 Å². The van der Waals surface area contributed by atoms with Gasteiger partial charge in [0.05, 0.1) is 11.8 Å². The molecule has 0 aromatic carbocycles. The van der Waals surface area contributed by atoms with Crippen molar-refractivity contribution >= 4 is 28.4 Å². The topological polar surface area (TPSA) is 30.2 Å². The van der Waals surface area contributed by atoms with Crippen molar-refractivity contribution in [1.82, 2.24) is 0 Å². The molecule has 0 spiro atoms. The highest BCUT2D eigenvalue weighted by atomic mass is 127. The van der Waals surface area contributed by atoms with Crippen LogP contribution < -0.4 is 0 Å². The summed E-state index contributed by atoms with van der Waals surface area (Å²) in [6.07, 6.45) is 4.40. The molecule has 2 nitrogen and oxygen atoms in total. The van der Waals surface area contributed by atoms with Gasteiger partial charge in [-0.2, -0.15) is 0 Å². The lowest BCUT2D eigenvalue weighted by Gasteiger charge is -1.82. The van der Waals surface area contributed by atoms with Gasteiger partial charge in [-0.05, 0) is 16.2 Å². The third-order valence-corrected chi connectivity index (χ3v) is 1.38. The number of hydrogen-bond donors (Lipinski definition) is 0. The number of carbonyl (C=O) groups is 1. The van der Waals surface area contributed by atoms with Crippen LogP contribution in [-0.2, 0) is 0 Å². The SMILES string of the molecule is O=C(/C=C\I)c1ccoc1. The second-order valence-electron chi connectivity index (χ2n) is 1.67. The van der Waals surface area contributed by atoms with Crippen LogP contribution in [-0.4, -0.2) is 5.78 Å². The highest BCUT2D eigenvalue weighted by molar-refractivity contribution is 14.1. The lowest BCUT2D eigenvalue weighted by atomic mass is 10.2. The fourth-order valence-electron chi connectivity index (χ4n) is 0.558. The first-order chi connectivity index (χ1) is 4.84. The lowest BCUT2D eigenvalue weighted by molar-refractivity contribution is 0.104. The smallest absolute Gasteiger partial charge is 0.189 e. The first kappa shape index (κ1) is 7.53. The summed E-state index contributed by atoms with van der Waals surface area (Å²) < 4.78 is 6.40. The molecule has 0 amide bonds. The Labute approximate surface area is 72.1 Å². The molecule has 0 N–H and O–H groups in total. The summed E-state index contributed by atoms with van der Waals surface area (Å²) in [4.78, 5) is 11.0. The van der Waals surface area contributed by atoms with Gasteiger partial charge in [-0.3, -0.25) is 4.79 Å². The normalized spacial score (nSPS) is 10.5. The zero-order valence-electron chi connectivity index (χ0n) is 5.08. The van der Waals surface area contributed by atoms with Crippen molar-refractivity contribution in [1.29, 1.82) is 0 Å². The molecule has 10 heavy (non-hydrogen) atoms. The van der Waals surface area contributed by atoms with Crippen molar-refractivity contribution in [2.45, 2.75) is 0 Å². The molecule has 0 aliphatic carbocycles. The number of allylic oxidation sites excluding steroid dienone is 1. The van der Waals surface area contributed by atoms with E-state index < -0.39 is 0 Å². The van der Waals surface area contributed by atoms with Gasteiger partial charge in [0.2, 0.25) is 0 Å². The van der Waals surface area contributed by atoms with Gasteiger partial charge < -0.3 is 4.42 Å². The molecule has 0 aliphatic rings. The molecule has 0 radical (unpaired) electrons. The van der Waals surface area contributed by atoms with Gasteiger partial charge in [0.25, 0.3) is 0 Å². The van der Waals surface area contributed by atoms with Crippen LogP contribution in [0.5, 0.6) is 0 Å². The Hall–Kier alpha value is -0.580. The largest absolute Gasteiger partial charge is 0.472 e. The number of ketones is 1. The van der Waals surface area contributed by atoms with E-state index >= 15 is 0 Å². The summed E-state index contributed by atoms with van der Waals surface area (Å²) in [7, 11) is 0. The predicted octanol–water partition coefficient (Wildman–Crippen LogP) is 2.41. The highest BCUT2D eigenvalue weighted by Gasteiger charge is 2.00. The minimum absolute atomic E-state index is 0.0249. The molecule has 0 unspecified atom stereocenters. The second-order valence-corrected chi connectivity index (χ2v) is 2.39. The van der Waals surface area contributed by atoms with E-state index in [4.69, 9.17) is 4.42 Å². The highest BCUT2D eigenvalue weighted by Crippen LogP contribution is 2.02. The van der Waals surface area contributed by atoms with Crippen LogP contribution in [0.25, 0.3) is 0 Å². The molecule has 0 bridgehead atoms. The Bertz CT molecular complexity index is 236. The van der Waals surface area contributed by atoms with E-state index in [0.717, 1.165) is 0 Å². The molecule has 0 aliphatic heterocycles. The first-order valence-electron chi connectivity index (χ1n) is 2.68. The van der Waals surface area contributed by atoms with Gasteiger partial charge >= 0.3 is 0 Å². The Balaban J connectivity index is 2.78. The third kappa shape index (κ3) is 1.70. The number of carbonyl (C=O) groups excluding carboxylic acids is 1. The molecule has 0 saturated carbocycles. The average molecular weight is 248 g/mol. The predicted molar refractivity (Wildman–Crippen MR) is 46.2 cm³/mol. The van der Waals surface area contributed by atoms with Crippen LogP contribution in [0.2, 0.25) is 0 Å². The van der Waals surface area contributed by atoms with Crippen molar-refractivity contribution in [2.75, 3.05) is 0 Å². The first-order valence-corrected chi connectivity index (χ1v) is 3.92. The molecule has 1 aromatic rings. The van der Waals surface area contributed by atoms with Crippen molar-refractivity contribution in [3.05, 3.63) is 34.3 Å². The standard InChI is InChI=1S/C7H5IO2/c8-3-1-7(9)6-2-4-10-5-6/h1-5H/b3-1-. The summed E-state index contributed by atoms with van der Waals surface area (Å²) >= 11 is 2.00. The molecule has 0 fully saturated rings. The average Bonchev–Trinajstić information content (AvgIpc) is 2.38. The van der Waals surface area contributed by atoms with Crippen LogP contribution in [0.15, 0.2) is 33.2 Å². The van der Waals surface area contributed by atoms with Gasteiger partial charge in [0, 0.05) is 0 Å². The maximum absolute atomic E-state index is 11.0. The fraction of sp³-hybridized carbons (Fsp3) is 0. The molecule has 0 saturated heterocycles.